The van der Waals surface area contributed by atoms with Gasteiger partial charge in [0, 0.05) is 36.7 Å². The average molecular weight is 497 g/mol. The van der Waals surface area contributed by atoms with Crippen LogP contribution in [0.5, 0.6) is 5.88 Å². The van der Waals surface area contributed by atoms with E-state index in [4.69, 9.17) is 14.9 Å². The number of anilines is 2. The Labute approximate surface area is 211 Å². The summed E-state index contributed by atoms with van der Waals surface area (Å²) >= 11 is 0. The number of ketones is 1. The first kappa shape index (κ1) is 22.7. The highest BCUT2D eigenvalue weighted by atomic mass is 16.5. The van der Waals surface area contributed by atoms with Gasteiger partial charge in [-0.15, -0.1) is 0 Å². The molecule has 0 radical (unpaired) electrons. The van der Waals surface area contributed by atoms with Crippen molar-refractivity contribution in [2.75, 3.05) is 23.7 Å². The van der Waals surface area contributed by atoms with E-state index < -0.39 is 5.63 Å². The van der Waals surface area contributed by atoms with Gasteiger partial charge in [-0.05, 0) is 42.2 Å². The van der Waals surface area contributed by atoms with Crippen LogP contribution in [0.15, 0.2) is 64.1 Å². The molecule has 2 aromatic carbocycles. The number of hydrogen-bond donors (Lipinski definition) is 2. The molecule has 186 valence electrons. The zero-order chi connectivity index (χ0) is 25.4. The van der Waals surface area contributed by atoms with Crippen LogP contribution in [0, 0.1) is 0 Å². The summed E-state index contributed by atoms with van der Waals surface area (Å²) in [6.07, 6.45) is 3.38. The number of benzene rings is 2. The van der Waals surface area contributed by atoms with Crippen LogP contribution in [0.2, 0.25) is 0 Å². The number of Topliss-reactive ketones (excluding diaryl/α,β-unsaturated/α-hetero) is 1. The van der Waals surface area contributed by atoms with E-state index in [0.717, 1.165) is 35.3 Å². The van der Waals surface area contributed by atoms with Crippen molar-refractivity contribution in [3.8, 4) is 5.88 Å². The molecule has 0 spiro atoms. The van der Waals surface area contributed by atoms with Gasteiger partial charge in [0.15, 0.2) is 11.4 Å². The highest BCUT2D eigenvalue weighted by Crippen LogP contribution is 2.26. The number of carbonyl (C=O) groups is 1. The summed E-state index contributed by atoms with van der Waals surface area (Å²) in [5.41, 5.74) is 9.67. The highest BCUT2D eigenvalue weighted by molar-refractivity contribution is 5.98. The molecule has 0 amide bonds. The normalized spacial score (nSPS) is 13.1. The molecular weight excluding hydrogens is 472 g/mol. The number of aromatic nitrogens is 4. The van der Waals surface area contributed by atoms with Crippen molar-refractivity contribution < 1.29 is 13.9 Å². The number of aromatic amines is 1. The first-order valence-corrected chi connectivity index (χ1v) is 12.1. The van der Waals surface area contributed by atoms with Crippen molar-refractivity contribution >= 4 is 39.6 Å². The molecule has 1 saturated heterocycles. The van der Waals surface area contributed by atoms with E-state index >= 15 is 0 Å². The molecule has 1 fully saturated rings. The number of H-pyrrole nitrogens is 1. The average Bonchev–Trinajstić information content (AvgIpc) is 3.33. The SMILES string of the molecule is Nc1nc(OCc2ccc(CCC(=O)c3cc4ccc(N5CCC5)cc4oc3=O)cc2)c2[nH]cnc2n1. The van der Waals surface area contributed by atoms with Gasteiger partial charge in [0.2, 0.25) is 11.8 Å². The maximum atomic E-state index is 12.8. The third kappa shape index (κ3) is 4.61. The molecule has 1 aliphatic heterocycles. The van der Waals surface area contributed by atoms with Crippen molar-refractivity contribution in [3.63, 3.8) is 0 Å². The molecule has 4 heterocycles. The third-order valence-corrected chi connectivity index (χ3v) is 6.55. The van der Waals surface area contributed by atoms with E-state index in [1.165, 1.54) is 12.7 Å². The number of fused-ring (bicyclic) bond motifs is 2. The Morgan fingerprint density at radius 1 is 1.08 bits per heavy atom. The van der Waals surface area contributed by atoms with E-state index in [1.807, 2.05) is 42.5 Å². The zero-order valence-electron chi connectivity index (χ0n) is 19.9. The lowest BCUT2D eigenvalue weighted by atomic mass is 10.0. The minimum absolute atomic E-state index is 0.0865. The minimum atomic E-state index is -0.595. The Hall–Kier alpha value is -4.73. The molecular formula is C27H24N6O4. The van der Waals surface area contributed by atoms with Crippen molar-refractivity contribution in [2.24, 2.45) is 0 Å². The Kier molecular flexibility index (Phi) is 5.76. The van der Waals surface area contributed by atoms with Crippen LogP contribution in [0.25, 0.3) is 22.1 Å². The molecule has 0 atom stereocenters. The third-order valence-electron chi connectivity index (χ3n) is 6.55. The monoisotopic (exact) mass is 496 g/mol. The second-order valence-electron chi connectivity index (χ2n) is 9.03. The van der Waals surface area contributed by atoms with Crippen LogP contribution in [0.3, 0.4) is 0 Å². The van der Waals surface area contributed by atoms with E-state index in [2.05, 4.69) is 24.8 Å². The first-order valence-electron chi connectivity index (χ1n) is 12.1. The van der Waals surface area contributed by atoms with Gasteiger partial charge in [-0.3, -0.25) is 4.79 Å². The predicted octanol–water partition coefficient (Wildman–Crippen LogP) is 3.65. The zero-order valence-corrected chi connectivity index (χ0v) is 19.9. The van der Waals surface area contributed by atoms with Crippen LogP contribution in [-0.2, 0) is 13.0 Å². The lowest BCUT2D eigenvalue weighted by Gasteiger charge is -2.33. The standard InChI is InChI=1S/C27H24N6O4/c28-27-31-24-23(29-15-30-24)25(32-27)36-14-17-4-2-16(3-5-17)6-9-21(34)20-12-18-7-8-19(33-10-1-11-33)13-22(18)37-26(20)35/h2-5,7-8,12-13,15H,1,6,9-11,14H2,(H3,28,29,30,31,32). The summed E-state index contributed by atoms with van der Waals surface area (Å²) < 4.78 is 11.3. The van der Waals surface area contributed by atoms with Gasteiger partial charge in [-0.25, -0.2) is 9.78 Å². The lowest BCUT2D eigenvalue weighted by Crippen LogP contribution is -2.36. The Balaban J connectivity index is 1.09. The molecule has 0 unspecified atom stereocenters. The van der Waals surface area contributed by atoms with Gasteiger partial charge < -0.3 is 24.8 Å². The number of nitrogens with zero attached hydrogens (tertiary/aromatic N) is 4. The smallest absolute Gasteiger partial charge is 0.347 e. The number of nitrogens with two attached hydrogens (primary N) is 1. The van der Waals surface area contributed by atoms with Gasteiger partial charge in [-0.2, -0.15) is 9.97 Å². The summed E-state index contributed by atoms with van der Waals surface area (Å²) in [6.45, 7) is 2.29. The summed E-state index contributed by atoms with van der Waals surface area (Å²) in [5, 5.41) is 0.745. The van der Waals surface area contributed by atoms with Crippen LogP contribution >= 0.6 is 0 Å². The molecule has 37 heavy (non-hydrogen) atoms. The molecule has 5 aromatic rings. The van der Waals surface area contributed by atoms with E-state index in [0.29, 0.717) is 29.0 Å². The van der Waals surface area contributed by atoms with Crippen LogP contribution < -0.4 is 21.0 Å². The van der Waals surface area contributed by atoms with Gasteiger partial charge in [0.05, 0.1) is 6.33 Å². The Bertz CT molecular complexity index is 1670. The van der Waals surface area contributed by atoms with Crippen LogP contribution in [0.1, 0.15) is 34.3 Å². The van der Waals surface area contributed by atoms with E-state index in [9.17, 15) is 9.59 Å². The Morgan fingerprint density at radius 3 is 2.68 bits per heavy atom. The number of carbonyl (C=O) groups excluding carboxylic acids is 1. The molecule has 3 aromatic heterocycles. The first-order chi connectivity index (χ1) is 18.0. The summed E-state index contributed by atoms with van der Waals surface area (Å²) in [6, 6.07) is 15.1. The fourth-order valence-electron chi connectivity index (χ4n) is 4.34. The number of rotatable bonds is 8. The lowest BCUT2D eigenvalue weighted by molar-refractivity contribution is 0.0979. The number of imidazole rings is 1. The van der Waals surface area contributed by atoms with Crippen molar-refractivity contribution in [1.82, 2.24) is 19.9 Å². The minimum Gasteiger partial charge on any atom is -0.471 e. The second-order valence-corrected chi connectivity index (χ2v) is 9.03. The van der Waals surface area contributed by atoms with Crippen LogP contribution in [0.4, 0.5) is 11.6 Å². The Morgan fingerprint density at radius 2 is 1.89 bits per heavy atom. The van der Waals surface area contributed by atoms with E-state index in [1.54, 1.807) is 6.07 Å². The molecule has 0 saturated carbocycles. The van der Waals surface area contributed by atoms with Gasteiger partial charge in [-0.1, -0.05) is 24.3 Å². The number of hydrogen-bond acceptors (Lipinski definition) is 9. The number of nitrogen functional groups attached to an aromatic ring is 1. The van der Waals surface area contributed by atoms with Crippen molar-refractivity contribution in [2.45, 2.75) is 25.9 Å². The molecule has 6 rings (SSSR count). The fraction of sp³-hybridized carbons (Fsp3) is 0.222. The summed E-state index contributed by atoms with van der Waals surface area (Å²) in [7, 11) is 0. The molecule has 3 N–H and O–H groups in total. The molecule has 0 aliphatic carbocycles. The topological polar surface area (TPSA) is 140 Å². The van der Waals surface area contributed by atoms with Gasteiger partial charge in [0.1, 0.15) is 23.3 Å². The quantitative estimate of drug-likeness (QED) is 0.243. The maximum absolute atomic E-state index is 12.8. The fourth-order valence-corrected chi connectivity index (χ4v) is 4.34. The molecule has 1 aliphatic rings. The number of ether oxygens (including phenoxy) is 1. The largest absolute Gasteiger partial charge is 0.471 e. The molecule has 10 heteroatoms. The predicted molar refractivity (Wildman–Crippen MR) is 139 cm³/mol. The number of aryl methyl sites for hydroxylation is 1. The number of nitrogens with one attached hydrogen (secondary N) is 1. The molecule has 10 nitrogen and oxygen atoms in total. The van der Waals surface area contributed by atoms with Gasteiger partial charge >= 0.3 is 5.63 Å². The highest BCUT2D eigenvalue weighted by Gasteiger charge is 2.18. The summed E-state index contributed by atoms with van der Waals surface area (Å²) in [5.74, 6) is 0.187. The van der Waals surface area contributed by atoms with Crippen molar-refractivity contribution in [3.05, 3.63) is 82.0 Å². The maximum Gasteiger partial charge on any atom is 0.347 e. The van der Waals surface area contributed by atoms with E-state index in [-0.39, 0.29) is 30.3 Å². The van der Waals surface area contributed by atoms with Crippen molar-refractivity contribution in [1.29, 1.82) is 0 Å². The van der Waals surface area contributed by atoms with Crippen LogP contribution in [-0.4, -0.2) is 38.8 Å². The van der Waals surface area contributed by atoms with Gasteiger partial charge in [0.25, 0.3) is 0 Å². The summed E-state index contributed by atoms with van der Waals surface area (Å²) in [4.78, 5) is 42.8. The molecule has 0 bridgehead atoms. The second kappa shape index (κ2) is 9.38.